The van der Waals surface area contributed by atoms with Gasteiger partial charge in [0.15, 0.2) is 0 Å². The molecule has 6 unspecified atom stereocenters. The van der Waals surface area contributed by atoms with Crippen molar-refractivity contribution in [3.8, 4) is 33.5 Å². The van der Waals surface area contributed by atoms with Crippen LogP contribution in [-0.2, 0) is 36.2 Å². The second-order valence-corrected chi connectivity index (χ2v) is 20.0. The Morgan fingerprint density at radius 2 is 1.57 bits per heavy atom. The SMILES string of the molecule is COC(=O)CC(C(=O)N1C2CCC(C2)C1C1=Nc2ccc(-c3ccc4c(c3)C(F)(F)c3cc(-c5cnc(C6CC7(CC7)CN6C(=O)C(NC(=O)OC)C(C)C)[nH]5)ccc3-4)cc2C1)C(C)C. The molecule has 3 aliphatic heterocycles. The second-order valence-electron chi connectivity index (χ2n) is 20.0. The average Bonchev–Trinajstić information content (AvgIpc) is 3.95. The number of nitrogens with zero attached hydrogens (tertiary/aromatic N) is 4. The number of carbonyl (C=O) groups excluding carboxylic acids is 4. The molecule has 10 rings (SSSR count). The summed E-state index contributed by atoms with van der Waals surface area (Å²) in [5, 5.41) is 2.71. The molecule has 14 heteroatoms. The van der Waals surface area contributed by atoms with E-state index in [2.05, 4.69) is 10.3 Å². The largest absolute Gasteiger partial charge is 0.469 e. The van der Waals surface area contributed by atoms with Gasteiger partial charge in [0.05, 0.1) is 56.2 Å². The molecule has 12 nitrogen and oxygen atoms in total. The monoisotopic (exact) mass is 886 g/mol. The minimum Gasteiger partial charge on any atom is -0.469 e. The van der Waals surface area contributed by atoms with Crippen LogP contribution in [0.5, 0.6) is 0 Å². The molecule has 3 aromatic carbocycles. The molecule has 2 saturated heterocycles. The summed E-state index contributed by atoms with van der Waals surface area (Å²) < 4.78 is 43.1. The van der Waals surface area contributed by atoms with E-state index in [4.69, 9.17) is 19.5 Å². The zero-order valence-electron chi connectivity index (χ0n) is 37.8. The predicted octanol–water partition coefficient (Wildman–Crippen LogP) is 9.14. The fraction of sp³-hybridized carbons (Fsp3) is 0.490. The number of nitrogens with one attached hydrogen (secondary N) is 2. The van der Waals surface area contributed by atoms with Crippen LogP contribution in [0.4, 0.5) is 19.3 Å². The van der Waals surface area contributed by atoms with Gasteiger partial charge in [-0.3, -0.25) is 19.4 Å². The number of methoxy groups -OCH3 is 2. The number of piperidine rings is 1. The molecule has 6 aliphatic rings. The van der Waals surface area contributed by atoms with Gasteiger partial charge in [-0.05, 0) is 114 Å². The minimum atomic E-state index is -3.27. The standard InChI is InChI=1S/C51H56F2N6O6/c1-26(2)36(22-43(60)64-5)47(61)59-33-11-7-31(18-33)45(59)40-21-32-17-28(10-14-39(32)55-40)29-8-12-34-35-13-9-30(20-38(35)51(52,53)37(34)19-29)41-24-54-46(56-41)42-23-50(15-16-50)25-58(42)48(62)44(27(3)4)57-49(63)65-6/h8-10,12-14,17,19-20,24,26-27,31,33,36,42,44-45H,7,11,15-16,18,21-23,25H2,1-6H3,(H,54,56)(H,57,63). The summed E-state index contributed by atoms with van der Waals surface area (Å²) in [6, 6.07) is 15.2. The smallest absolute Gasteiger partial charge is 0.407 e. The van der Waals surface area contributed by atoms with Gasteiger partial charge < -0.3 is 29.6 Å². The molecule has 2 saturated carbocycles. The van der Waals surface area contributed by atoms with Crippen molar-refractivity contribution in [1.82, 2.24) is 25.1 Å². The lowest BCUT2D eigenvalue weighted by atomic mass is 9.87. The van der Waals surface area contributed by atoms with Gasteiger partial charge in [0.1, 0.15) is 11.9 Å². The molecule has 340 valence electrons. The minimum absolute atomic E-state index is 0.00817. The first-order valence-corrected chi connectivity index (χ1v) is 23.1. The molecule has 3 aliphatic carbocycles. The maximum absolute atomic E-state index is 16.7. The first-order chi connectivity index (χ1) is 31.1. The maximum Gasteiger partial charge on any atom is 0.407 e. The zero-order valence-corrected chi connectivity index (χ0v) is 37.8. The fourth-order valence-corrected chi connectivity index (χ4v) is 11.5. The van der Waals surface area contributed by atoms with Gasteiger partial charge in [-0.25, -0.2) is 9.78 Å². The van der Waals surface area contributed by atoms with Gasteiger partial charge in [-0.2, -0.15) is 8.78 Å². The molecule has 2 N–H and O–H groups in total. The van der Waals surface area contributed by atoms with E-state index in [0.29, 0.717) is 52.7 Å². The summed E-state index contributed by atoms with van der Waals surface area (Å²) in [7, 11) is 2.62. The third kappa shape index (κ3) is 7.31. The molecule has 6 atom stereocenters. The molecule has 3 amide bonds. The highest BCUT2D eigenvalue weighted by Gasteiger charge is 2.56. The third-order valence-corrected chi connectivity index (χ3v) is 15.3. The Kier molecular flexibility index (Phi) is 10.5. The quantitative estimate of drug-likeness (QED) is 0.143. The predicted molar refractivity (Wildman–Crippen MR) is 240 cm³/mol. The first kappa shape index (κ1) is 43.0. The number of fused-ring (bicyclic) bond motifs is 6. The number of alkyl carbamates (subject to hydrolysis) is 1. The van der Waals surface area contributed by atoms with Crippen molar-refractivity contribution in [3.05, 3.63) is 83.3 Å². The lowest BCUT2D eigenvalue weighted by molar-refractivity contribution is -0.149. The van der Waals surface area contributed by atoms with E-state index in [-0.39, 0.29) is 70.7 Å². The number of aromatic nitrogens is 2. The molecule has 1 aromatic heterocycles. The van der Waals surface area contributed by atoms with Gasteiger partial charge in [-0.15, -0.1) is 0 Å². The molecule has 0 radical (unpaired) electrons. The summed E-state index contributed by atoms with van der Waals surface area (Å²) in [6.45, 7) is 8.25. The van der Waals surface area contributed by atoms with E-state index in [9.17, 15) is 19.2 Å². The molecular formula is C51H56F2N6O6. The number of imidazole rings is 1. The van der Waals surface area contributed by atoms with Crippen LogP contribution in [0.2, 0.25) is 0 Å². The van der Waals surface area contributed by atoms with Crippen molar-refractivity contribution in [3.63, 3.8) is 0 Å². The van der Waals surface area contributed by atoms with Gasteiger partial charge in [-0.1, -0.05) is 58.0 Å². The van der Waals surface area contributed by atoms with Crippen LogP contribution in [0.3, 0.4) is 0 Å². The second kappa shape index (κ2) is 15.9. The molecule has 4 aromatic rings. The van der Waals surface area contributed by atoms with Crippen LogP contribution in [0, 0.1) is 29.1 Å². The number of alkyl halides is 2. The molecule has 2 bridgehead atoms. The Morgan fingerprint density at radius 3 is 2.25 bits per heavy atom. The van der Waals surface area contributed by atoms with E-state index in [1.54, 1.807) is 24.4 Å². The summed E-state index contributed by atoms with van der Waals surface area (Å²) in [4.78, 5) is 69.6. The Balaban J connectivity index is 0.870. The summed E-state index contributed by atoms with van der Waals surface area (Å²) in [5.41, 5.74) is 6.25. The van der Waals surface area contributed by atoms with E-state index in [1.165, 1.54) is 20.3 Å². The van der Waals surface area contributed by atoms with E-state index < -0.39 is 24.0 Å². The zero-order chi connectivity index (χ0) is 45.7. The number of amides is 3. The average molecular weight is 887 g/mol. The van der Waals surface area contributed by atoms with Crippen LogP contribution in [0.1, 0.15) is 101 Å². The van der Waals surface area contributed by atoms with Crippen molar-refractivity contribution < 1.29 is 37.4 Å². The highest BCUT2D eigenvalue weighted by Crippen LogP contribution is 2.59. The number of likely N-dealkylation sites (tertiary alicyclic amines) is 2. The number of aromatic amines is 1. The van der Waals surface area contributed by atoms with E-state index in [0.717, 1.165) is 61.1 Å². The number of aliphatic imine (C=N–C) groups is 1. The number of esters is 1. The number of benzene rings is 3. The van der Waals surface area contributed by atoms with Crippen molar-refractivity contribution in [2.24, 2.45) is 34.1 Å². The van der Waals surface area contributed by atoms with Crippen molar-refractivity contribution >= 4 is 35.3 Å². The maximum atomic E-state index is 16.7. The number of rotatable bonds is 11. The number of H-pyrrole nitrogens is 1. The summed E-state index contributed by atoms with van der Waals surface area (Å²) >= 11 is 0. The van der Waals surface area contributed by atoms with Crippen LogP contribution >= 0.6 is 0 Å². The number of hydrogen-bond donors (Lipinski definition) is 2. The number of halogens is 2. The van der Waals surface area contributed by atoms with Gasteiger partial charge in [0, 0.05) is 41.4 Å². The Bertz CT molecular complexity index is 2650. The van der Waals surface area contributed by atoms with Crippen LogP contribution in [0.25, 0.3) is 33.5 Å². The Morgan fingerprint density at radius 1 is 0.877 bits per heavy atom. The third-order valence-electron chi connectivity index (χ3n) is 15.3. The van der Waals surface area contributed by atoms with Crippen molar-refractivity contribution in [2.75, 3.05) is 20.8 Å². The van der Waals surface area contributed by atoms with Gasteiger partial charge >= 0.3 is 12.1 Å². The van der Waals surface area contributed by atoms with Crippen LogP contribution < -0.4 is 5.32 Å². The lowest BCUT2D eigenvalue weighted by Gasteiger charge is -2.38. The number of hydrogen-bond acceptors (Lipinski definition) is 8. The molecule has 4 heterocycles. The van der Waals surface area contributed by atoms with Crippen LogP contribution in [0.15, 0.2) is 65.8 Å². The highest BCUT2D eigenvalue weighted by molar-refractivity contribution is 6.01. The van der Waals surface area contributed by atoms with E-state index in [1.807, 2.05) is 67.8 Å². The molecule has 4 fully saturated rings. The molecular weight excluding hydrogens is 831 g/mol. The Hall–Kier alpha value is -5.92. The van der Waals surface area contributed by atoms with E-state index >= 15 is 8.78 Å². The normalized spacial score (nSPS) is 23.6. The lowest BCUT2D eigenvalue weighted by Crippen LogP contribution is -2.52. The van der Waals surface area contributed by atoms with Gasteiger partial charge in [0.25, 0.3) is 5.92 Å². The molecule has 65 heavy (non-hydrogen) atoms. The fourth-order valence-electron chi connectivity index (χ4n) is 11.5. The highest BCUT2D eigenvalue weighted by atomic mass is 19.3. The summed E-state index contributed by atoms with van der Waals surface area (Å²) in [5.74, 6) is -3.65. The van der Waals surface area contributed by atoms with Gasteiger partial charge in [0.2, 0.25) is 11.8 Å². The number of carbonyl (C=O) groups is 4. The van der Waals surface area contributed by atoms with Crippen LogP contribution in [-0.4, -0.2) is 88.2 Å². The topological polar surface area (TPSA) is 146 Å². The Labute approximate surface area is 377 Å². The molecule has 1 spiro atoms. The summed E-state index contributed by atoms with van der Waals surface area (Å²) in [6.07, 6.45) is 7.23. The number of ether oxygens (including phenoxy) is 2. The van der Waals surface area contributed by atoms with Crippen molar-refractivity contribution in [1.29, 1.82) is 0 Å². The first-order valence-electron chi connectivity index (χ1n) is 23.1. The van der Waals surface area contributed by atoms with Crippen molar-refractivity contribution in [2.45, 2.75) is 109 Å².